The zero-order chi connectivity index (χ0) is 41.7. The van der Waals surface area contributed by atoms with Crippen LogP contribution in [0.4, 0.5) is 0 Å². The molecule has 0 aromatic carbocycles. The summed E-state index contributed by atoms with van der Waals surface area (Å²) in [5.41, 5.74) is 3.80. The Bertz CT molecular complexity index is 2570. The highest BCUT2D eigenvalue weighted by molar-refractivity contribution is 5.78. The number of hydrogen-bond donors (Lipinski definition) is 11. The molecule has 0 amide bonds. The molecular weight excluding hydrogens is 748 g/mol. The second-order valence-electron chi connectivity index (χ2n) is 13.6. The van der Waals surface area contributed by atoms with Crippen molar-refractivity contribution in [3.8, 4) is 0 Å². The minimum absolute atomic E-state index is 0.0275. The lowest BCUT2D eigenvalue weighted by molar-refractivity contribution is -0.138. The first-order valence-electron chi connectivity index (χ1n) is 17.8. The number of carboxylic acid groups (broad SMARTS) is 7. The Morgan fingerprint density at radius 2 is 0.667 bits per heavy atom. The van der Waals surface area contributed by atoms with Gasteiger partial charge in [-0.1, -0.05) is 0 Å². The molecule has 0 spiro atoms. The summed E-state index contributed by atoms with van der Waals surface area (Å²) in [5.74, 6) is -8.36. The van der Waals surface area contributed by atoms with Crippen LogP contribution in [0.25, 0.3) is 24.3 Å². The lowest BCUT2D eigenvalue weighted by Crippen LogP contribution is -2.15. The molecule has 0 atom stereocenters. The Kier molecular flexibility index (Phi) is 12.3. The molecule has 1 aliphatic heterocycles. The van der Waals surface area contributed by atoms with Crippen LogP contribution >= 0.6 is 0 Å². The summed E-state index contributed by atoms with van der Waals surface area (Å²) >= 11 is 0. The molecule has 4 aromatic rings. The highest BCUT2D eigenvalue weighted by Crippen LogP contribution is 2.25. The molecule has 11 N–H and O–H groups in total. The summed E-state index contributed by atoms with van der Waals surface area (Å²) in [5, 5.41) is 69.4. The molecule has 0 saturated carbocycles. The molecule has 4 aromatic heterocycles. The fourth-order valence-corrected chi connectivity index (χ4v) is 7.29. The lowest BCUT2D eigenvalue weighted by atomic mass is 9.98. The van der Waals surface area contributed by atoms with Gasteiger partial charge in [0.1, 0.15) is 0 Å². The molecular formula is C39H40N4O14. The quantitative estimate of drug-likeness (QED) is 0.0552. The minimum Gasteiger partial charge on any atom is -0.481 e. The number of carbonyl (C=O) groups is 7. The van der Waals surface area contributed by atoms with Gasteiger partial charge in [-0.3, -0.25) is 33.6 Å². The van der Waals surface area contributed by atoms with Crippen molar-refractivity contribution in [1.82, 2.24) is 19.9 Å². The summed E-state index contributed by atoms with van der Waals surface area (Å²) < 4.78 is 0. The van der Waals surface area contributed by atoms with E-state index in [1.807, 2.05) is 0 Å². The second-order valence-corrected chi connectivity index (χ2v) is 13.6. The van der Waals surface area contributed by atoms with E-state index in [2.05, 4.69) is 19.9 Å². The van der Waals surface area contributed by atoms with Crippen molar-refractivity contribution < 1.29 is 69.3 Å². The van der Waals surface area contributed by atoms with Crippen LogP contribution in [0.5, 0.6) is 0 Å². The monoisotopic (exact) mass is 788 g/mol. The van der Waals surface area contributed by atoms with Gasteiger partial charge in [-0.25, -0.2) is 0 Å². The maximum absolute atomic E-state index is 12.3. The number of rotatable bonds is 18. The van der Waals surface area contributed by atoms with E-state index in [-0.39, 0.29) is 88.2 Å². The van der Waals surface area contributed by atoms with Crippen molar-refractivity contribution >= 4 is 66.1 Å². The van der Waals surface area contributed by atoms with Crippen molar-refractivity contribution in [2.45, 2.75) is 77.6 Å². The first-order chi connectivity index (χ1) is 26.9. The van der Waals surface area contributed by atoms with Crippen molar-refractivity contribution in [3.05, 3.63) is 88.7 Å². The number of aromatic nitrogens is 4. The van der Waals surface area contributed by atoms with Crippen LogP contribution in [0, 0.1) is 6.92 Å². The Morgan fingerprint density at radius 3 is 1.07 bits per heavy atom. The Labute approximate surface area is 321 Å². The van der Waals surface area contributed by atoms with Gasteiger partial charge >= 0.3 is 41.8 Å². The van der Waals surface area contributed by atoms with Crippen molar-refractivity contribution in [3.63, 3.8) is 0 Å². The first kappa shape index (κ1) is 41.1. The average molecular weight is 789 g/mol. The third-order valence-corrected chi connectivity index (χ3v) is 9.80. The summed E-state index contributed by atoms with van der Waals surface area (Å²) in [6.07, 6.45) is 2.54. The predicted octanol–water partition coefficient (Wildman–Crippen LogP) is -0.114. The standard InChI is InChI=1S/C39H40N4O14/c1-17-18(2-6-33(44)45)26-14-30-23(11-38(54)55)20(4-8-35(48)49)28(42-30)16-32-24(12-39(56)57)21(5-9-36(50)51)29(43-32)15-31-22(10-37(52)53)19(3-7-34(46)47)27(41-31)13-25(17)40-26/h13-16,40-43H,2-12H2,1H3,(H,44,45)(H,46,47)(H,48,49)(H,50,51)(H,52,53)(H,54,55)(H,56,57). The molecule has 0 fully saturated rings. The summed E-state index contributed by atoms with van der Waals surface area (Å²) in [4.78, 5) is 96.7. The third-order valence-electron chi connectivity index (χ3n) is 9.80. The average Bonchev–Trinajstić information content (AvgIpc) is 3.77. The first-order valence-corrected chi connectivity index (χ1v) is 17.8. The third kappa shape index (κ3) is 9.77. The van der Waals surface area contributed by atoms with Gasteiger partial charge in [-0.05, 0) is 101 Å². The molecule has 300 valence electrons. The fourth-order valence-electron chi connectivity index (χ4n) is 7.29. The highest BCUT2D eigenvalue weighted by Gasteiger charge is 2.23. The normalized spacial score (nSPS) is 11.8. The van der Waals surface area contributed by atoms with Gasteiger partial charge in [0.15, 0.2) is 0 Å². The van der Waals surface area contributed by atoms with Gasteiger partial charge in [-0.15, -0.1) is 0 Å². The van der Waals surface area contributed by atoms with E-state index in [1.54, 1.807) is 19.1 Å². The maximum atomic E-state index is 12.3. The zero-order valence-electron chi connectivity index (χ0n) is 30.6. The predicted molar refractivity (Wildman–Crippen MR) is 199 cm³/mol. The summed E-state index contributed by atoms with van der Waals surface area (Å²) in [6, 6.07) is 0. The number of hydrogen-bond acceptors (Lipinski definition) is 7. The van der Waals surface area contributed by atoms with E-state index >= 15 is 0 Å². The van der Waals surface area contributed by atoms with Crippen LogP contribution in [-0.2, 0) is 78.5 Å². The van der Waals surface area contributed by atoms with E-state index in [1.165, 1.54) is 12.2 Å². The Morgan fingerprint density at radius 1 is 0.368 bits per heavy atom. The SMILES string of the molecule is Cc1c2[nH]c(c1CCC(=O)O)C=c1[nH]c(c(CCC(=O)O)c1CC(=O)O)=Cc1[nH]c(c(CCC(=O)O)c1CC(=O)O)C=c1[nH]c(c(CCC(=O)O)c1CC(=O)O)=C2. The van der Waals surface area contributed by atoms with Gasteiger partial charge in [-0.2, -0.15) is 0 Å². The minimum atomic E-state index is -1.28. The fraction of sp³-hybridized carbons (Fsp3) is 0.308. The van der Waals surface area contributed by atoms with Crippen molar-refractivity contribution in [1.29, 1.82) is 0 Å². The van der Waals surface area contributed by atoms with E-state index < -0.39 is 73.9 Å². The molecule has 18 heteroatoms. The van der Waals surface area contributed by atoms with Crippen LogP contribution in [0.2, 0.25) is 0 Å². The largest absolute Gasteiger partial charge is 0.481 e. The van der Waals surface area contributed by atoms with Crippen LogP contribution in [0.15, 0.2) is 0 Å². The van der Waals surface area contributed by atoms with Crippen LogP contribution in [-0.4, -0.2) is 97.5 Å². The van der Waals surface area contributed by atoms with Gasteiger partial charge in [0.25, 0.3) is 0 Å². The molecule has 0 aliphatic carbocycles. The van der Waals surface area contributed by atoms with E-state index in [9.17, 15) is 69.3 Å². The number of aromatic amines is 4. The van der Waals surface area contributed by atoms with Gasteiger partial charge in [0.05, 0.1) is 19.3 Å². The van der Waals surface area contributed by atoms with Gasteiger partial charge in [0.2, 0.25) is 0 Å². The van der Waals surface area contributed by atoms with Crippen molar-refractivity contribution in [2.24, 2.45) is 0 Å². The Hall–Kier alpha value is -7.11. The molecule has 18 nitrogen and oxygen atoms in total. The van der Waals surface area contributed by atoms with E-state index in [0.717, 1.165) is 0 Å². The van der Waals surface area contributed by atoms with Crippen LogP contribution in [0.1, 0.15) is 93.0 Å². The smallest absolute Gasteiger partial charge is 0.307 e. The Balaban J connectivity index is 2.03. The molecule has 0 radical (unpaired) electrons. The van der Waals surface area contributed by atoms with Gasteiger partial charge in [0, 0.05) is 69.9 Å². The molecule has 5 heterocycles. The molecule has 8 bridgehead atoms. The number of carboxylic acids is 7. The molecule has 1 aliphatic rings. The van der Waals surface area contributed by atoms with E-state index in [4.69, 9.17) is 0 Å². The highest BCUT2D eigenvalue weighted by atomic mass is 16.4. The topological polar surface area (TPSA) is 324 Å². The number of fused-ring (bicyclic) bond motifs is 8. The van der Waals surface area contributed by atoms with Crippen molar-refractivity contribution in [2.75, 3.05) is 0 Å². The zero-order valence-corrected chi connectivity index (χ0v) is 30.6. The maximum Gasteiger partial charge on any atom is 0.307 e. The summed E-state index contributed by atoms with van der Waals surface area (Å²) in [6.45, 7) is 1.72. The van der Waals surface area contributed by atoms with Crippen LogP contribution in [0.3, 0.4) is 0 Å². The molecule has 57 heavy (non-hydrogen) atoms. The van der Waals surface area contributed by atoms with E-state index in [0.29, 0.717) is 39.0 Å². The molecule has 0 unspecified atom stereocenters. The van der Waals surface area contributed by atoms with Crippen LogP contribution < -0.4 is 21.4 Å². The number of nitrogens with one attached hydrogen (secondary N) is 4. The lowest BCUT2D eigenvalue weighted by Gasteiger charge is -2.04. The molecule has 0 saturated heterocycles. The summed E-state index contributed by atoms with van der Waals surface area (Å²) in [7, 11) is 0. The van der Waals surface area contributed by atoms with Gasteiger partial charge < -0.3 is 55.7 Å². The number of aliphatic carboxylic acids is 7. The second kappa shape index (κ2) is 17.1. The molecule has 5 rings (SSSR count). The number of H-pyrrole nitrogens is 4.